The van der Waals surface area contributed by atoms with Crippen molar-refractivity contribution in [1.82, 2.24) is 4.98 Å². The van der Waals surface area contributed by atoms with Crippen molar-refractivity contribution < 1.29 is 0 Å². The maximum atomic E-state index is 4.57. The van der Waals surface area contributed by atoms with Crippen LogP contribution in [-0.2, 0) is 12.8 Å². The van der Waals surface area contributed by atoms with Crippen LogP contribution in [0.5, 0.6) is 0 Å². The fourth-order valence-corrected chi connectivity index (χ4v) is 3.14. The van der Waals surface area contributed by atoms with Crippen LogP contribution in [0.4, 0.5) is 0 Å². The van der Waals surface area contributed by atoms with Crippen molar-refractivity contribution in [2.45, 2.75) is 25.7 Å². The van der Waals surface area contributed by atoms with Gasteiger partial charge in [-0.15, -0.1) is 0 Å². The molecule has 0 atom stereocenters. The quantitative estimate of drug-likeness (QED) is 0.613. The first-order valence-electron chi connectivity index (χ1n) is 7.37. The molecule has 1 heterocycles. The molecule has 0 bridgehead atoms. The predicted octanol–water partition coefficient (Wildman–Crippen LogP) is 4.78. The van der Waals surface area contributed by atoms with Gasteiger partial charge in [0.2, 0.25) is 0 Å². The van der Waals surface area contributed by atoms with E-state index in [2.05, 4.69) is 47.4 Å². The van der Waals surface area contributed by atoms with Crippen molar-refractivity contribution in [2.75, 3.05) is 0 Å². The van der Waals surface area contributed by atoms with Gasteiger partial charge in [-0.1, -0.05) is 36.4 Å². The topological polar surface area (TPSA) is 12.9 Å². The maximum absolute atomic E-state index is 4.57. The molecule has 0 fully saturated rings. The number of benzene rings is 2. The molecule has 4 rings (SSSR count). The third-order valence-corrected chi connectivity index (χ3v) is 4.27. The Morgan fingerprint density at radius 1 is 0.750 bits per heavy atom. The number of hydrogen-bond acceptors (Lipinski definition) is 1. The van der Waals surface area contributed by atoms with Gasteiger partial charge in [0.05, 0.1) is 5.52 Å². The number of nitrogens with zero attached hydrogens (tertiary/aromatic N) is 1. The van der Waals surface area contributed by atoms with E-state index < -0.39 is 0 Å². The zero-order valence-corrected chi connectivity index (χ0v) is 11.5. The fourth-order valence-electron chi connectivity index (χ4n) is 3.14. The van der Waals surface area contributed by atoms with Crippen molar-refractivity contribution in [3.05, 3.63) is 65.9 Å². The summed E-state index contributed by atoms with van der Waals surface area (Å²) in [5, 5.41) is 1.21. The van der Waals surface area contributed by atoms with Gasteiger partial charge in [-0.3, -0.25) is 4.98 Å². The molecular weight excluding hydrogens is 242 g/mol. The number of hydrogen-bond donors (Lipinski definition) is 0. The van der Waals surface area contributed by atoms with Gasteiger partial charge in [0.1, 0.15) is 0 Å². The van der Waals surface area contributed by atoms with Crippen LogP contribution in [0.25, 0.3) is 22.0 Å². The van der Waals surface area contributed by atoms with Gasteiger partial charge < -0.3 is 0 Å². The Morgan fingerprint density at radius 3 is 2.55 bits per heavy atom. The SMILES string of the molecule is c1ccc2ncc(-c3ccc4c(c3)CCCC4)cc2c1. The predicted molar refractivity (Wildman–Crippen MR) is 83.8 cm³/mol. The highest BCUT2D eigenvalue weighted by Crippen LogP contribution is 2.28. The number of pyridine rings is 1. The van der Waals surface area contributed by atoms with Crippen LogP contribution >= 0.6 is 0 Å². The van der Waals surface area contributed by atoms with Gasteiger partial charge in [-0.2, -0.15) is 0 Å². The smallest absolute Gasteiger partial charge is 0.0702 e. The number of rotatable bonds is 1. The Balaban J connectivity index is 1.82. The number of aromatic nitrogens is 1. The molecule has 0 N–H and O–H groups in total. The summed E-state index contributed by atoms with van der Waals surface area (Å²) in [6.07, 6.45) is 7.12. The fraction of sp³-hybridized carbons (Fsp3) is 0.211. The molecular formula is C19H17N. The number of aryl methyl sites for hydroxylation is 2. The molecule has 0 amide bonds. The maximum Gasteiger partial charge on any atom is 0.0702 e. The summed E-state index contributed by atoms with van der Waals surface area (Å²) in [4.78, 5) is 4.57. The average molecular weight is 259 g/mol. The summed E-state index contributed by atoms with van der Waals surface area (Å²) in [5.74, 6) is 0. The van der Waals surface area contributed by atoms with Gasteiger partial charge in [-0.05, 0) is 54.5 Å². The van der Waals surface area contributed by atoms with Crippen LogP contribution < -0.4 is 0 Å². The van der Waals surface area contributed by atoms with Crippen LogP contribution in [-0.4, -0.2) is 4.98 Å². The molecule has 1 aliphatic carbocycles. The second kappa shape index (κ2) is 4.75. The van der Waals surface area contributed by atoms with Crippen LogP contribution in [0.15, 0.2) is 54.7 Å². The first kappa shape index (κ1) is 11.7. The standard InChI is InChI=1S/C19H17N/c1-2-6-15-11-16(10-9-14(15)5-1)18-12-17-7-3-4-8-19(17)20-13-18/h3-4,7-13H,1-2,5-6H2. The Bertz CT molecular complexity index is 774. The van der Waals surface area contributed by atoms with Crippen LogP contribution in [0.2, 0.25) is 0 Å². The Kier molecular flexibility index (Phi) is 2.77. The Morgan fingerprint density at radius 2 is 1.60 bits per heavy atom. The minimum Gasteiger partial charge on any atom is -0.256 e. The van der Waals surface area contributed by atoms with Crippen molar-refractivity contribution in [1.29, 1.82) is 0 Å². The molecule has 0 radical (unpaired) electrons. The van der Waals surface area contributed by atoms with Gasteiger partial charge in [0.15, 0.2) is 0 Å². The molecule has 1 aliphatic rings. The van der Waals surface area contributed by atoms with E-state index in [0.29, 0.717) is 0 Å². The van der Waals surface area contributed by atoms with E-state index in [1.165, 1.54) is 53.3 Å². The first-order valence-corrected chi connectivity index (χ1v) is 7.37. The largest absolute Gasteiger partial charge is 0.256 e. The summed E-state index contributed by atoms with van der Waals surface area (Å²) in [6, 6.07) is 17.5. The normalized spacial score (nSPS) is 14.2. The molecule has 0 saturated carbocycles. The molecule has 1 heteroatoms. The van der Waals surface area contributed by atoms with E-state index >= 15 is 0 Å². The molecule has 0 aliphatic heterocycles. The van der Waals surface area contributed by atoms with E-state index in [4.69, 9.17) is 0 Å². The average Bonchev–Trinajstić information content (AvgIpc) is 2.54. The third kappa shape index (κ3) is 2.00. The van der Waals surface area contributed by atoms with Gasteiger partial charge in [-0.25, -0.2) is 0 Å². The van der Waals surface area contributed by atoms with Crippen LogP contribution in [0, 0.1) is 0 Å². The lowest BCUT2D eigenvalue weighted by Crippen LogP contribution is -2.02. The van der Waals surface area contributed by atoms with Crippen molar-refractivity contribution in [3.63, 3.8) is 0 Å². The summed E-state index contributed by atoms with van der Waals surface area (Å²) in [5.41, 5.74) is 6.64. The van der Waals surface area contributed by atoms with Gasteiger partial charge in [0.25, 0.3) is 0 Å². The minimum atomic E-state index is 1.06. The highest BCUT2D eigenvalue weighted by Gasteiger charge is 2.10. The first-order chi connectivity index (χ1) is 9.90. The minimum absolute atomic E-state index is 1.06. The van der Waals surface area contributed by atoms with Gasteiger partial charge >= 0.3 is 0 Å². The van der Waals surface area contributed by atoms with E-state index in [1.54, 1.807) is 0 Å². The molecule has 1 nitrogen and oxygen atoms in total. The summed E-state index contributed by atoms with van der Waals surface area (Å²) in [7, 11) is 0. The van der Waals surface area contributed by atoms with Crippen LogP contribution in [0.1, 0.15) is 24.0 Å². The second-order valence-corrected chi connectivity index (χ2v) is 5.61. The van der Waals surface area contributed by atoms with Crippen molar-refractivity contribution >= 4 is 10.9 Å². The lowest BCUT2D eigenvalue weighted by atomic mass is 9.89. The highest BCUT2D eigenvalue weighted by atomic mass is 14.6. The Labute approximate surface area is 119 Å². The molecule has 20 heavy (non-hydrogen) atoms. The van der Waals surface area contributed by atoms with E-state index in [-0.39, 0.29) is 0 Å². The van der Waals surface area contributed by atoms with Crippen LogP contribution in [0.3, 0.4) is 0 Å². The monoisotopic (exact) mass is 259 g/mol. The third-order valence-electron chi connectivity index (χ3n) is 4.27. The second-order valence-electron chi connectivity index (χ2n) is 5.61. The molecule has 3 aromatic rings. The molecule has 0 spiro atoms. The van der Waals surface area contributed by atoms with E-state index in [0.717, 1.165) is 5.52 Å². The highest BCUT2D eigenvalue weighted by molar-refractivity contribution is 5.83. The molecule has 0 saturated heterocycles. The summed E-state index contributed by atoms with van der Waals surface area (Å²) in [6.45, 7) is 0. The molecule has 98 valence electrons. The summed E-state index contributed by atoms with van der Waals surface area (Å²) >= 11 is 0. The van der Waals surface area contributed by atoms with E-state index in [1.807, 2.05) is 12.3 Å². The van der Waals surface area contributed by atoms with Crippen molar-refractivity contribution in [2.24, 2.45) is 0 Å². The Hall–Kier alpha value is -2.15. The number of para-hydroxylation sites is 1. The lowest BCUT2D eigenvalue weighted by Gasteiger charge is -2.16. The molecule has 0 unspecified atom stereocenters. The summed E-state index contributed by atoms with van der Waals surface area (Å²) < 4.78 is 0. The molecule has 1 aromatic heterocycles. The molecule has 2 aromatic carbocycles. The zero-order valence-electron chi connectivity index (χ0n) is 11.5. The van der Waals surface area contributed by atoms with Gasteiger partial charge in [0, 0.05) is 17.1 Å². The number of fused-ring (bicyclic) bond motifs is 2. The van der Waals surface area contributed by atoms with Crippen molar-refractivity contribution in [3.8, 4) is 11.1 Å². The zero-order chi connectivity index (χ0) is 13.4. The van der Waals surface area contributed by atoms with E-state index in [9.17, 15) is 0 Å². The lowest BCUT2D eigenvalue weighted by molar-refractivity contribution is 0.686.